The van der Waals surface area contributed by atoms with E-state index in [2.05, 4.69) is 15.3 Å². The number of rotatable bonds is 2. The van der Waals surface area contributed by atoms with Crippen molar-refractivity contribution in [2.75, 3.05) is 19.6 Å². The molecule has 7 nitrogen and oxygen atoms in total. The van der Waals surface area contributed by atoms with Crippen LogP contribution < -0.4 is 10.9 Å². The highest BCUT2D eigenvalue weighted by Crippen LogP contribution is 2.33. The molecule has 2 aromatic rings. The van der Waals surface area contributed by atoms with Gasteiger partial charge < -0.3 is 15.2 Å². The number of H-pyrrole nitrogens is 1. The molecule has 28 heavy (non-hydrogen) atoms. The quantitative estimate of drug-likeness (QED) is 0.827. The van der Waals surface area contributed by atoms with E-state index in [0.717, 1.165) is 5.56 Å². The molecule has 7 heteroatoms. The molecule has 0 spiro atoms. The van der Waals surface area contributed by atoms with Crippen molar-refractivity contribution in [3.05, 3.63) is 63.3 Å². The van der Waals surface area contributed by atoms with Gasteiger partial charge >= 0.3 is 0 Å². The molecule has 1 unspecified atom stereocenters. The molecular weight excluding hydrogens is 356 g/mol. The predicted octanol–water partition coefficient (Wildman–Crippen LogP) is 1.71. The Kier molecular flexibility index (Phi) is 4.63. The van der Waals surface area contributed by atoms with Gasteiger partial charge in [0, 0.05) is 49.7 Å². The van der Waals surface area contributed by atoms with Crippen LogP contribution in [0.2, 0.25) is 0 Å². The van der Waals surface area contributed by atoms with E-state index in [9.17, 15) is 14.4 Å². The zero-order valence-electron chi connectivity index (χ0n) is 16.1. The second-order valence-electron chi connectivity index (χ2n) is 8.35. The van der Waals surface area contributed by atoms with Gasteiger partial charge in [0.05, 0.1) is 6.04 Å². The van der Waals surface area contributed by atoms with Crippen LogP contribution in [0, 0.1) is 5.41 Å². The minimum Gasteiger partial charge on any atom is -0.329 e. The third-order valence-electron chi connectivity index (χ3n) is 5.52. The summed E-state index contributed by atoms with van der Waals surface area (Å²) in [6, 6.07) is 5.04. The first-order valence-corrected chi connectivity index (χ1v) is 9.57. The van der Waals surface area contributed by atoms with E-state index in [4.69, 9.17) is 0 Å². The lowest BCUT2D eigenvalue weighted by atomic mass is 9.75. The third-order valence-corrected chi connectivity index (χ3v) is 5.52. The van der Waals surface area contributed by atoms with Crippen molar-refractivity contribution in [3.8, 4) is 0 Å². The third kappa shape index (κ3) is 3.38. The summed E-state index contributed by atoms with van der Waals surface area (Å²) >= 11 is 0. The SMILES string of the molecule is CC1(C)CC(=O)c2cc(C(=O)N3CCNCC3c3cccnc3)c(=O)[nH]c2C1. The molecule has 3 heterocycles. The molecule has 1 aliphatic carbocycles. The second kappa shape index (κ2) is 6.98. The van der Waals surface area contributed by atoms with E-state index in [0.29, 0.717) is 43.7 Å². The monoisotopic (exact) mass is 380 g/mol. The van der Waals surface area contributed by atoms with E-state index in [1.807, 2.05) is 26.0 Å². The second-order valence-corrected chi connectivity index (χ2v) is 8.35. The fourth-order valence-electron chi connectivity index (χ4n) is 4.16. The molecule has 2 aromatic heterocycles. The van der Waals surface area contributed by atoms with Crippen LogP contribution in [0.1, 0.15) is 58.3 Å². The Bertz CT molecular complexity index is 981. The molecule has 0 bridgehead atoms. The maximum atomic E-state index is 13.3. The lowest BCUT2D eigenvalue weighted by Crippen LogP contribution is -2.49. The van der Waals surface area contributed by atoms with Crippen molar-refractivity contribution in [1.29, 1.82) is 0 Å². The molecule has 2 aliphatic rings. The number of aromatic nitrogens is 2. The number of Topliss-reactive ketones (excluding diaryl/α,β-unsaturated/α-hetero) is 1. The summed E-state index contributed by atoms with van der Waals surface area (Å²) in [6.45, 7) is 5.73. The summed E-state index contributed by atoms with van der Waals surface area (Å²) in [6.07, 6.45) is 4.45. The lowest BCUT2D eigenvalue weighted by molar-refractivity contribution is 0.0632. The van der Waals surface area contributed by atoms with E-state index >= 15 is 0 Å². The van der Waals surface area contributed by atoms with E-state index < -0.39 is 5.56 Å². The fourth-order valence-corrected chi connectivity index (χ4v) is 4.16. The molecule has 1 atom stereocenters. The molecule has 0 saturated carbocycles. The summed E-state index contributed by atoms with van der Waals surface area (Å²) in [5.74, 6) is -0.377. The Morgan fingerprint density at radius 3 is 2.86 bits per heavy atom. The largest absolute Gasteiger partial charge is 0.329 e. The van der Waals surface area contributed by atoms with E-state index in [-0.39, 0.29) is 28.7 Å². The highest BCUT2D eigenvalue weighted by molar-refractivity contribution is 6.02. The summed E-state index contributed by atoms with van der Waals surface area (Å²) < 4.78 is 0. The average molecular weight is 380 g/mol. The fraction of sp³-hybridized carbons (Fsp3) is 0.429. The van der Waals surface area contributed by atoms with Crippen LogP contribution in [-0.2, 0) is 6.42 Å². The van der Waals surface area contributed by atoms with Crippen LogP contribution in [-0.4, -0.2) is 46.2 Å². The van der Waals surface area contributed by atoms with Gasteiger partial charge in [-0.1, -0.05) is 19.9 Å². The number of hydrogen-bond donors (Lipinski definition) is 2. The first kappa shape index (κ1) is 18.6. The van der Waals surface area contributed by atoms with Gasteiger partial charge in [-0.25, -0.2) is 0 Å². The molecule has 4 rings (SSSR count). The predicted molar refractivity (Wildman–Crippen MR) is 104 cm³/mol. The number of carbonyl (C=O) groups excluding carboxylic acids is 2. The zero-order chi connectivity index (χ0) is 19.9. The molecule has 1 aliphatic heterocycles. The number of amides is 1. The summed E-state index contributed by atoms with van der Waals surface area (Å²) in [4.78, 5) is 47.2. The molecule has 2 N–H and O–H groups in total. The molecule has 1 amide bonds. The molecule has 0 aromatic carbocycles. The first-order chi connectivity index (χ1) is 13.4. The molecule has 0 radical (unpaired) electrons. The minimum absolute atomic E-state index is 0.0272. The number of fused-ring (bicyclic) bond motifs is 1. The van der Waals surface area contributed by atoms with Gasteiger partial charge in [-0.2, -0.15) is 0 Å². The maximum absolute atomic E-state index is 13.3. The number of carbonyl (C=O) groups is 2. The van der Waals surface area contributed by atoms with Gasteiger partial charge in [0.2, 0.25) is 0 Å². The molecule has 1 fully saturated rings. The number of pyridine rings is 2. The maximum Gasteiger partial charge on any atom is 0.261 e. The standard InChI is InChI=1S/C21H24N4O3/c1-21(2)9-16-14(18(26)10-21)8-15(19(27)24-16)20(28)25-7-6-23-12-17(25)13-4-3-5-22-11-13/h3-5,8,11,17,23H,6-7,9-10,12H2,1-2H3,(H,24,27). The number of piperazine rings is 1. The highest BCUT2D eigenvalue weighted by Gasteiger charge is 2.35. The van der Waals surface area contributed by atoms with Crippen molar-refractivity contribution in [2.45, 2.75) is 32.7 Å². The van der Waals surface area contributed by atoms with Crippen LogP contribution in [0.3, 0.4) is 0 Å². The Hall–Kier alpha value is -2.80. The summed E-state index contributed by atoms with van der Waals surface area (Å²) in [5, 5.41) is 3.29. The van der Waals surface area contributed by atoms with Crippen molar-refractivity contribution in [3.63, 3.8) is 0 Å². The van der Waals surface area contributed by atoms with E-state index in [1.165, 1.54) is 6.07 Å². The van der Waals surface area contributed by atoms with Crippen molar-refractivity contribution >= 4 is 11.7 Å². The normalized spacial score (nSPS) is 21.3. The molecular formula is C21H24N4O3. The van der Waals surface area contributed by atoms with Gasteiger partial charge in [-0.05, 0) is 29.5 Å². The number of ketones is 1. The van der Waals surface area contributed by atoms with Crippen molar-refractivity contribution in [1.82, 2.24) is 20.2 Å². The van der Waals surface area contributed by atoms with Gasteiger partial charge in [-0.15, -0.1) is 0 Å². The van der Waals surface area contributed by atoms with Crippen LogP contribution in [0.5, 0.6) is 0 Å². The van der Waals surface area contributed by atoms with Crippen LogP contribution >= 0.6 is 0 Å². The molecule has 1 saturated heterocycles. The van der Waals surface area contributed by atoms with Gasteiger partial charge in [-0.3, -0.25) is 19.4 Å². The van der Waals surface area contributed by atoms with Gasteiger partial charge in [0.25, 0.3) is 11.5 Å². The van der Waals surface area contributed by atoms with Crippen LogP contribution in [0.4, 0.5) is 0 Å². The Morgan fingerprint density at radius 1 is 1.29 bits per heavy atom. The topological polar surface area (TPSA) is 95.2 Å². The first-order valence-electron chi connectivity index (χ1n) is 9.57. The minimum atomic E-state index is -0.433. The Balaban J connectivity index is 1.71. The summed E-state index contributed by atoms with van der Waals surface area (Å²) in [5.41, 5.74) is 1.42. The van der Waals surface area contributed by atoms with Crippen LogP contribution in [0.25, 0.3) is 0 Å². The summed E-state index contributed by atoms with van der Waals surface area (Å²) in [7, 11) is 0. The Labute approximate surface area is 163 Å². The Morgan fingerprint density at radius 2 is 2.11 bits per heavy atom. The van der Waals surface area contributed by atoms with Crippen LogP contribution in [0.15, 0.2) is 35.4 Å². The molecule has 146 valence electrons. The number of hydrogen-bond acceptors (Lipinski definition) is 5. The zero-order valence-corrected chi connectivity index (χ0v) is 16.1. The average Bonchev–Trinajstić information content (AvgIpc) is 2.67. The lowest BCUT2D eigenvalue weighted by Gasteiger charge is -2.36. The van der Waals surface area contributed by atoms with Crippen molar-refractivity contribution < 1.29 is 9.59 Å². The van der Waals surface area contributed by atoms with Crippen molar-refractivity contribution in [2.24, 2.45) is 5.41 Å². The highest BCUT2D eigenvalue weighted by atomic mass is 16.2. The van der Waals surface area contributed by atoms with Gasteiger partial charge in [0.1, 0.15) is 5.56 Å². The number of aromatic amines is 1. The number of nitrogens with one attached hydrogen (secondary N) is 2. The van der Waals surface area contributed by atoms with E-state index in [1.54, 1.807) is 17.3 Å². The smallest absolute Gasteiger partial charge is 0.261 e. The number of nitrogens with zero attached hydrogens (tertiary/aromatic N) is 2. The van der Waals surface area contributed by atoms with Gasteiger partial charge in [0.15, 0.2) is 5.78 Å².